The third-order valence-electron chi connectivity index (χ3n) is 3.03. The van der Waals surface area contributed by atoms with Crippen LogP contribution in [0.4, 0.5) is 0 Å². The Morgan fingerprint density at radius 2 is 2.27 bits per heavy atom. The second-order valence-corrected chi connectivity index (χ2v) is 3.79. The lowest BCUT2D eigenvalue weighted by atomic mass is 9.90. The van der Waals surface area contributed by atoms with Gasteiger partial charge in [-0.3, -0.25) is 14.6 Å². The first-order chi connectivity index (χ1) is 7.24. The fraction of sp³-hybridized carbons (Fsp3) is 0.300. The molecule has 3 heterocycles. The molecule has 0 aliphatic carbocycles. The molecule has 3 rings (SSSR count). The molecule has 5 heteroatoms. The van der Waals surface area contributed by atoms with Crippen LogP contribution >= 0.6 is 0 Å². The van der Waals surface area contributed by atoms with Crippen molar-refractivity contribution in [2.75, 3.05) is 6.54 Å². The average molecular weight is 203 g/mol. The lowest BCUT2D eigenvalue weighted by Gasteiger charge is -2.20. The van der Waals surface area contributed by atoms with Gasteiger partial charge in [0.05, 0.1) is 5.56 Å². The Morgan fingerprint density at radius 3 is 3.00 bits per heavy atom. The van der Waals surface area contributed by atoms with Crippen LogP contribution in [0.3, 0.4) is 0 Å². The van der Waals surface area contributed by atoms with Gasteiger partial charge in [0.1, 0.15) is 5.54 Å². The number of rotatable bonds is 0. The summed E-state index contributed by atoms with van der Waals surface area (Å²) in [6.07, 6.45) is 3.71. The molecule has 1 unspecified atom stereocenters. The average Bonchev–Trinajstić information content (AvgIpc) is 2.74. The van der Waals surface area contributed by atoms with Gasteiger partial charge in [-0.15, -0.1) is 0 Å². The zero-order chi connectivity index (χ0) is 10.5. The van der Waals surface area contributed by atoms with Crippen molar-refractivity contribution >= 4 is 11.8 Å². The standard InChI is InChI=1S/C10H9N3O2/c14-8-6-5-11-3-1-7(6)10(13-8)2-4-12-9(10)15/h1,3,5H,2,4H2,(H,12,15)(H,13,14). The van der Waals surface area contributed by atoms with Crippen molar-refractivity contribution < 1.29 is 9.59 Å². The molecule has 5 nitrogen and oxygen atoms in total. The van der Waals surface area contributed by atoms with Crippen molar-refractivity contribution in [1.29, 1.82) is 0 Å². The number of carbonyl (C=O) groups is 2. The van der Waals surface area contributed by atoms with E-state index in [2.05, 4.69) is 15.6 Å². The van der Waals surface area contributed by atoms with Gasteiger partial charge in [-0.05, 0) is 6.07 Å². The summed E-state index contributed by atoms with van der Waals surface area (Å²) in [7, 11) is 0. The molecule has 1 aromatic rings. The summed E-state index contributed by atoms with van der Waals surface area (Å²) in [5, 5.41) is 5.49. The van der Waals surface area contributed by atoms with E-state index in [1.807, 2.05) is 0 Å². The summed E-state index contributed by atoms with van der Waals surface area (Å²) in [5.41, 5.74) is 0.419. The quantitative estimate of drug-likeness (QED) is 0.599. The summed E-state index contributed by atoms with van der Waals surface area (Å²) in [6, 6.07) is 1.73. The monoisotopic (exact) mass is 203 g/mol. The smallest absolute Gasteiger partial charge is 0.254 e. The number of nitrogens with zero attached hydrogens (tertiary/aromatic N) is 1. The van der Waals surface area contributed by atoms with Gasteiger partial charge in [0.15, 0.2) is 0 Å². The molecule has 1 spiro atoms. The number of aromatic nitrogens is 1. The summed E-state index contributed by atoms with van der Waals surface area (Å²) in [4.78, 5) is 27.3. The molecule has 1 aromatic heterocycles. The van der Waals surface area contributed by atoms with E-state index in [9.17, 15) is 9.59 Å². The maximum atomic E-state index is 11.8. The van der Waals surface area contributed by atoms with E-state index in [1.54, 1.807) is 12.3 Å². The third-order valence-corrected chi connectivity index (χ3v) is 3.03. The van der Waals surface area contributed by atoms with Crippen LogP contribution < -0.4 is 10.6 Å². The summed E-state index contributed by atoms with van der Waals surface area (Å²) >= 11 is 0. The second kappa shape index (κ2) is 2.56. The number of hydrogen-bond donors (Lipinski definition) is 2. The highest BCUT2D eigenvalue weighted by atomic mass is 16.2. The Bertz CT molecular complexity index is 471. The Hall–Kier alpha value is -1.91. The van der Waals surface area contributed by atoms with Crippen molar-refractivity contribution in [3.63, 3.8) is 0 Å². The van der Waals surface area contributed by atoms with Crippen LogP contribution in [0.1, 0.15) is 22.3 Å². The van der Waals surface area contributed by atoms with Gasteiger partial charge in [0.2, 0.25) is 0 Å². The fourth-order valence-corrected chi connectivity index (χ4v) is 2.28. The lowest BCUT2D eigenvalue weighted by molar-refractivity contribution is -0.124. The second-order valence-electron chi connectivity index (χ2n) is 3.79. The highest BCUT2D eigenvalue weighted by molar-refractivity contribution is 6.07. The van der Waals surface area contributed by atoms with Crippen LogP contribution in [0, 0.1) is 0 Å². The van der Waals surface area contributed by atoms with Gasteiger partial charge in [0.25, 0.3) is 11.8 Å². The predicted molar refractivity (Wildman–Crippen MR) is 51.0 cm³/mol. The molecule has 0 aromatic carbocycles. The molecule has 1 atom stereocenters. The van der Waals surface area contributed by atoms with Crippen LogP contribution in [-0.4, -0.2) is 23.3 Å². The summed E-state index contributed by atoms with van der Waals surface area (Å²) in [6.45, 7) is 0.598. The molecular formula is C10H9N3O2. The van der Waals surface area contributed by atoms with E-state index in [1.165, 1.54) is 6.20 Å². The van der Waals surface area contributed by atoms with Gasteiger partial charge < -0.3 is 10.6 Å². The van der Waals surface area contributed by atoms with E-state index >= 15 is 0 Å². The van der Waals surface area contributed by atoms with E-state index in [-0.39, 0.29) is 11.8 Å². The van der Waals surface area contributed by atoms with Gasteiger partial charge >= 0.3 is 0 Å². The number of hydrogen-bond acceptors (Lipinski definition) is 3. The number of nitrogens with one attached hydrogen (secondary N) is 2. The van der Waals surface area contributed by atoms with Gasteiger partial charge in [-0.1, -0.05) is 0 Å². The Morgan fingerprint density at radius 1 is 1.40 bits per heavy atom. The number of pyridine rings is 1. The maximum Gasteiger partial charge on any atom is 0.254 e. The minimum Gasteiger partial charge on any atom is -0.354 e. The molecule has 1 fully saturated rings. The van der Waals surface area contributed by atoms with E-state index in [0.717, 1.165) is 5.56 Å². The van der Waals surface area contributed by atoms with Crippen molar-refractivity contribution in [3.05, 3.63) is 29.6 Å². The highest BCUT2D eigenvalue weighted by Crippen LogP contribution is 2.35. The molecule has 0 saturated carbocycles. The highest BCUT2D eigenvalue weighted by Gasteiger charge is 2.51. The Labute approximate surface area is 85.9 Å². The van der Waals surface area contributed by atoms with E-state index in [4.69, 9.17) is 0 Å². The maximum absolute atomic E-state index is 11.8. The van der Waals surface area contributed by atoms with Crippen LogP contribution in [-0.2, 0) is 10.3 Å². The van der Waals surface area contributed by atoms with Crippen molar-refractivity contribution in [1.82, 2.24) is 15.6 Å². The normalized spacial score (nSPS) is 27.7. The molecule has 0 bridgehead atoms. The SMILES string of the molecule is O=C1NC2(CCNC2=O)c2ccncc21. The first-order valence-electron chi connectivity index (χ1n) is 4.79. The predicted octanol–water partition coefficient (Wildman–Crippen LogP) is -0.460. The molecule has 15 heavy (non-hydrogen) atoms. The van der Waals surface area contributed by atoms with Crippen molar-refractivity contribution in [2.45, 2.75) is 12.0 Å². The Kier molecular flexibility index (Phi) is 1.44. The topological polar surface area (TPSA) is 71.1 Å². The summed E-state index contributed by atoms with van der Waals surface area (Å²) in [5.74, 6) is -0.337. The largest absolute Gasteiger partial charge is 0.354 e. The minimum atomic E-state index is -0.838. The fourth-order valence-electron chi connectivity index (χ4n) is 2.28. The van der Waals surface area contributed by atoms with E-state index in [0.29, 0.717) is 18.5 Å². The van der Waals surface area contributed by atoms with Crippen molar-refractivity contribution in [2.24, 2.45) is 0 Å². The third kappa shape index (κ3) is 0.895. The molecule has 2 aliphatic heterocycles. The van der Waals surface area contributed by atoms with Crippen LogP contribution in [0.15, 0.2) is 18.5 Å². The number of carbonyl (C=O) groups excluding carboxylic acids is 2. The number of fused-ring (bicyclic) bond motifs is 2. The molecular weight excluding hydrogens is 194 g/mol. The van der Waals surface area contributed by atoms with Crippen LogP contribution in [0.5, 0.6) is 0 Å². The molecule has 2 amide bonds. The van der Waals surface area contributed by atoms with Gasteiger partial charge in [-0.2, -0.15) is 0 Å². The molecule has 2 N–H and O–H groups in total. The van der Waals surface area contributed by atoms with Gasteiger partial charge in [-0.25, -0.2) is 0 Å². The lowest BCUT2D eigenvalue weighted by Crippen LogP contribution is -2.45. The zero-order valence-corrected chi connectivity index (χ0v) is 7.91. The van der Waals surface area contributed by atoms with Crippen molar-refractivity contribution in [3.8, 4) is 0 Å². The van der Waals surface area contributed by atoms with Crippen LogP contribution in [0.25, 0.3) is 0 Å². The Balaban J connectivity index is 2.23. The molecule has 2 aliphatic rings. The summed E-state index contributed by atoms with van der Waals surface area (Å²) < 4.78 is 0. The minimum absolute atomic E-state index is 0.124. The zero-order valence-electron chi connectivity index (χ0n) is 7.91. The number of amides is 2. The first-order valence-corrected chi connectivity index (χ1v) is 4.79. The molecule has 1 saturated heterocycles. The molecule has 76 valence electrons. The van der Waals surface area contributed by atoms with E-state index < -0.39 is 5.54 Å². The molecule has 0 radical (unpaired) electrons. The first kappa shape index (κ1) is 8.40. The van der Waals surface area contributed by atoms with Crippen LogP contribution in [0.2, 0.25) is 0 Å². The van der Waals surface area contributed by atoms with Gasteiger partial charge in [0, 0.05) is 30.9 Å².